The smallest absolute Gasteiger partial charge is 0.376 e. The van der Waals surface area contributed by atoms with Gasteiger partial charge in [-0.1, -0.05) is 0 Å². The van der Waals surface area contributed by atoms with E-state index in [1.54, 1.807) is 0 Å². The molecule has 0 aromatic rings. The van der Waals surface area contributed by atoms with Crippen LogP contribution in [0.5, 0.6) is 0 Å². The van der Waals surface area contributed by atoms with Gasteiger partial charge in [-0.2, -0.15) is 13.2 Å². The van der Waals surface area contributed by atoms with Crippen LogP contribution < -0.4 is 10.6 Å². The highest BCUT2D eigenvalue weighted by Gasteiger charge is 2.68. The first-order valence-corrected chi connectivity index (χ1v) is 8.13. The average molecular weight is 368 g/mol. The molecule has 3 aliphatic rings. The van der Waals surface area contributed by atoms with Crippen molar-refractivity contribution in [2.45, 2.75) is 49.3 Å². The van der Waals surface area contributed by atoms with E-state index < -0.39 is 53.7 Å². The van der Waals surface area contributed by atoms with E-state index in [4.69, 9.17) is 9.47 Å². The average Bonchev–Trinajstić information content (AvgIpc) is 3.21. The second-order valence-corrected chi connectivity index (χ2v) is 6.94. The maximum absolute atomic E-state index is 13.4. The molecule has 6 nitrogen and oxygen atoms in total. The Bertz CT molecular complexity index is 558. The van der Waals surface area contributed by atoms with Crippen LogP contribution in [0.15, 0.2) is 0 Å². The standard InChI is InChI=1S/C15H20F4N2O4/c1-24-14(15(17,18)19)4-7-2-8(14)3-10(7)20-12(22)13(23)21-11-6-25-5-9(11)16/h7-11H,2-6H2,1H3,(H,20,22)(H,21,23)/t7-,8-,9+,10+,11-,14-/m1/s1. The van der Waals surface area contributed by atoms with Gasteiger partial charge in [0.05, 0.1) is 19.3 Å². The van der Waals surface area contributed by atoms with E-state index in [1.807, 2.05) is 0 Å². The zero-order valence-corrected chi connectivity index (χ0v) is 13.6. The van der Waals surface area contributed by atoms with Crippen molar-refractivity contribution in [3.63, 3.8) is 0 Å². The maximum atomic E-state index is 13.4. The van der Waals surface area contributed by atoms with Crippen molar-refractivity contribution in [2.24, 2.45) is 11.8 Å². The van der Waals surface area contributed by atoms with Gasteiger partial charge >= 0.3 is 18.0 Å². The van der Waals surface area contributed by atoms with Gasteiger partial charge in [-0.15, -0.1) is 0 Å². The Morgan fingerprint density at radius 3 is 2.20 bits per heavy atom. The van der Waals surface area contributed by atoms with Gasteiger partial charge in [0.25, 0.3) is 0 Å². The molecule has 2 amide bonds. The monoisotopic (exact) mass is 368 g/mol. The van der Waals surface area contributed by atoms with Gasteiger partial charge in [-0.3, -0.25) is 9.59 Å². The molecule has 3 fully saturated rings. The largest absolute Gasteiger partial charge is 0.417 e. The van der Waals surface area contributed by atoms with E-state index in [0.29, 0.717) is 0 Å². The molecule has 6 atom stereocenters. The van der Waals surface area contributed by atoms with Crippen molar-refractivity contribution in [3.8, 4) is 0 Å². The van der Waals surface area contributed by atoms with E-state index in [-0.39, 0.29) is 32.5 Å². The van der Waals surface area contributed by atoms with Crippen LogP contribution in [-0.4, -0.2) is 62.2 Å². The van der Waals surface area contributed by atoms with Crippen molar-refractivity contribution in [1.29, 1.82) is 0 Å². The van der Waals surface area contributed by atoms with Crippen LogP contribution in [-0.2, 0) is 19.1 Å². The number of nitrogens with one attached hydrogen (secondary N) is 2. The van der Waals surface area contributed by atoms with Gasteiger partial charge < -0.3 is 20.1 Å². The van der Waals surface area contributed by atoms with Crippen molar-refractivity contribution in [3.05, 3.63) is 0 Å². The zero-order valence-electron chi connectivity index (χ0n) is 13.6. The number of halogens is 4. The third-order valence-electron chi connectivity index (χ3n) is 5.61. The molecule has 25 heavy (non-hydrogen) atoms. The summed E-state index contributed by atoms with van der Waals surface area (Å²) in [7, 11) is 1.05. The third-order valence-corrected chi connectivity index (χ3v) is 5.61. The van der Waals surface area contributed by atoms with Crippen molar-refractivity contribution in [2.75, 3.05) is 20.3 Å². The summed E-state index contributed by atoms with van der Waals surface area (Å²) in [6.07, 6.45) is -5.73. The van der Waals surface area contributed by atoms with Gasteiger partial charge in [0.2, 0.25) is 0 Å². The predicted octanol–water partition coefficient (Wildman–Crippen LogP) is 0.702. The number of carbonyl (C=O) groups is 2. The lowest BCUT2D eigenvalue weighted by atomic mass is 9.81. The lowest BCUT2D eigenvalue weighted by Gasteiger charge is -2.40. The molecule has 1 aliphatic heterocycles. The normalized spacial score (nSPS) is 40.3. The van der Waals surface area contributed by atoms with Crippen molar-refractivity contribution in [1.82, 2.24) is 10.6 Å². The summed E-state index contributed by atoms with van der Waals surface area (Å²) in [5, 5.41) is 4.72. The van der Waals surface area contributed by atoms with Crippen LogP contribution in [0.2, 0.25) is 0 Å². The Morgan fingerprint density at radius 1 is 1.12 bits per heavy atom. The Labute approximate surface area is 141 Å². The van der Waals surface area contributed by atoms with Gasteiger partial charge in [0.15, 0.2) is 5.60 Å². The van der Waals surface area contributed by atoms with Crippen LogP contribution in [0, 0.1) is 11.8 Å². The molecule has 0 spiro atoms. The third kappa shape index (κ3) is 3.10. The van der Waals surface area contributed by atoms with E-state index in [0.717, 1.165) is 7.11 Å². The summed E-state index contributed by atoms with van der Waals surface area (Å²) in [6, 6.07) is -1.40. The highest BCUT2D eigenvalue weighted by atomic mass is 19.4. The first kappa shape index (κ1) is 18.4. The molecule has 2 aliphatic carbocycles. The molecule has 0 unspecified atom stereocenters. The van der Waals surface area contributed by atoms with E-state index in [1.165, 1.54) is 0 Å². The molecule has 1 heterocycles. The number of carbonyl (C=O) groups excluding carboxylic acids is 2. The maximum Gasteiger partial charge on any atom is 0.417 e. The molecule has 0 aromatic heterocycles. The van der Waals surface area contributed by atoms with Gasteiger partial charge in [0.1, 0.15) is 6.17 Å². The fourth-order valence-corrected chi connectivity index (χ4v) is 4.31. The first-order chi connectivity index (χ1) is 11.7. The number of methoxy groups -OCH3 is 1. The molecule has 2 saturated carbocycles. The van der Waals surface area contributed by atoms with E-state index in [9.17, 15) is 27.2 Å². The molecule has 0 radical (unpaired) electrons. The molecule has 1 saturated heterocycles. The first-order valence-electron chi connectivity index (χ1n) is 8.13. The number of fused-ring (bicyclic) bond motifs is 2. The topological polar surface area (TPSA) is 76.7 Å². The summed E-state index contributed by atoms with van der Waals surface area (Å²) in [6.45, 7) is -0.161. The lowest BCUT2D eigenvalue weighted by molar-refractivity contribution is -0.287. The van der Waals surface area contributed by atoms with Crippen molar-refractivity contribution >= 4 is 11.8 Å². The summed E-state index contributed by atoms with van der Waals surface area (Å²) in [5.41, 5.74) is -2.18. The predicted molar refractivity (Wildman–Crippen MR) is 76.2 cm³/mol. The van der Waals surface area contributed by atoms with Crippen LogP contribution in [0.3, 0.4) is 0 Å². The Morgan fingerprint density at radius 2 is 1.76 bits per heavy atom. The molecule has 10 heteroatoms. The minimum absolute atomic E-state index is 0.0176. The van der Waals surface area contributed by atoms with Crippen LogP contribution in [0.25, 0.3) is 0 Å². The Balaban J connectivity index is 1.56. The second kappa shape index (κ2) is 6.39. The fourth-order valence-electron chi connectivity index (χ4n) is 4.31. The molecule has 3 rings (SSSR count). The Kier molecular flexibility index (Phi) is 4.69. The summed E-state index contributed by atoms with van der Waals surface area (Å²) in [5.74, 6) is -3.14. The van der Waals surface area contributed by atoms with Crippen LogP contribution in [0.1, 0.15) is 19.3 Å². The highest BCUT2D eigenvalue weighted by Crippen LogP contribution is 2.58. The summed E-state index contributed by atoms with van der Waals surface area (Å²) >= 11 is 0. The quantitative estimate of drug-likeness (QED) is 0.568. The lowest BCUT2D eigenvalue weighted by Crippen LogP contribution is -2.56. The SMILES string of the molecule is CO[C@]1(C(F)(F)F)C[C@H]2C[C@@H]1C[C@@H]2NC(=O)C(=O)N[C@@H]1COC[C@@H]1F. The van der Waals surface area contributed by atoms with Crippen LogP contribution >= 0.6 is 0 Å². The summed E-state index contributed by atoms with van der Waals surface area (Å²) < 4.78 is 63.1. The van der Waals surface area contributed by atoms with Crippen LogP contribution in [0.4, 0.5) is 17.6 Å². The molecular formula is C15H20F4N2O4. The zero-order chi connectivity index (χ0) is 18.4. The van der Waals surface area contributed by atoms with Gasteiger partial charge in [-0.05, 0) is 31.1 Å². The number of amides is 2. The fraction of sp³-hybridized carbons (Fsp3) is 0.867. The molecule has 0 aromatic carbocycles. The second-order valence-electron chi connectivity index (χ2n) is 6.94. The molecule has 2 bridgehead atoms. The number of alkyl halides is 4. The number of hydrogen-bond donors (Lipinski definition) is 2. The minimum atomic E-state index is -4.48. The summed E-state index contributed by atoms with van der Waals surface area (Å²) in [4.78, 5) is 23.8. The Hall–Kier alpha value is -1.42. The van der Waals surface area contributed by atoms with E-state index in [2.05, 4.69) is 10.6 Å². The number of ether oxygens (including phenoxy) is 2. The van der Waals surface area contributed by atoms with E-state index >= 15 is 0 Å². The highest BCUT2D eigenvalue weighted by molar-refractivity contribution is 6.35. The van der Waals surface area contributed by atoms with Gasteiger partial charge in [-0.25, -0.2) is 4.39 Å². The molecular weight excluding hydrogens is 348 g/mol. The minimum Gasteiger partial charge on any atom is -0.376 e. The van der Waals surface area contributed by atoms with Gasteiger partial charge in [0, 0.05) is 13.2 Å². The molecule has 2 N–H and O–H groups in total. The van der Waals surface area contributed by atoms with Crippen molar-refractivity contribution < 1.29 is 36.6 Å². The number of rotatable bonds is 3. The number of hydrogen-bond acceptors (Lipinski definition) is 4. The molecule has 142 valence electrons.